The molecule has 2 aliphatic heterocycles. The monoisotopic (exact) mass is 554 g/mol. The van der Waals surface area contributed by atoms with E-state index in [-0.39, 0.29) is 12.5 Å². The van der Waals surface area contributed by atoms with E-state index in [9.17, 15) is 19.5 Å². The quantitative estimate of drug-likeness (QED) is 0.228. The predicted octanol–water partition coefficient (Wildman–Crippen LogP) is 2.70. The highest BCUT2D eigenvalue weighted by molar-refractivity contribution is 7.99. The van der Waals surface area contributed by atoms with Gasteiger partial charge in [0.25, 0.3) is 5.91 Å². The minimum absolute atomic E-state index is 0.106. The number of ether oxygens (including phenoxy) is 2. The third-order valence-electron chi connectivity index (χ3n) is 6.26. The average molecular weight is 555 g/mol. The molecule has 10 nitrogen and oxygen atoms in total. The van der Waals surface area contributed by atoms with Crippen LogP contribution in [-0.2, 0) is 19.1 Å². The summed E-state index contributed by atoms with van der Waals surface area (Å²) in [5, 5.41) is 21.2. The Morgan fingerprint density at radius 2 is 1.92 bits per heavy atom. The summed E-state index contributed by atoms with van der Waals surface area (Å²) in [7, 11) is 0. The second-order valence-corrected chi connectivity index (χ2v) is 10.9. The molecule has 208 valence electrons. The van der Waals surface area contributed by atoms with Crippen LogP contribution in [0.2, 0.25) is 0 Å². The van der Waals surface area contributed by atoms with Crippen molar-refractivity contribution in [1.29, 1.82) is 0 Å². The number of hydrogen-bond acceptors (Lipinski definition) is 8. The Morgan fingerprint density at radius 1 is 1.15 bits per heavy atom. The molecule has 2 aromatic rings. The van der Waals surface area contributed by atoms with Crippen LogP contribution in [0.4, 0.5) is 11.4 Å². The highest BCUT2D eigenvalue weighted by Crippen LogP contribution is 2.44. The standard InChI is InChI=1S/C28H34N4O6S/c1-4-18(26(34)32-22(13-16(2)3)27(35)31-20-11-12-37-28(20)36)30-25(33)15-38-17-9-10-24-21(14-17)29-19-7-5-6-8-23(19)39-24/h4-10,14,16,18,20,22,28-29,36H,1,11-13,15H2,2-3H3,(H,30,33)(H,31,35)(H,32,34)/t18-,20-,22-,28?/m0/s1. The van der Waals surface area contributed by atoms with Crippen LogP contribution in [0.1, 0.15) is 26.7 Å². The van der Waals surface area contributed by atoms with Crippen molar-refractivity contribution in [2.45, 2.75) is 60.9 Å². The lowest BCUT2D eigenvalue weighted by molar-refractivity contribution is -0.133. The van der Waals surface area contributed by atoms with Gasteiger partial charge in [-0.25, -0.2) is 0 Å². The normalized spacial score (nSPS) is 19.1. The van der Waals surface area contributed by atoms with Crippen molar-refractivity contribution in [3.05, 3.63) is 55.1 Å². The Bertz CT molecular complexity index is 1220. The number of carbonyl (C=O) groups excluding carboxylic acids is 3. The molecule has 0 saturated carbocycles. The SMILES string of the molecule is C=C[C@H](NC(=O)COc1ccc2c(c1)Nc1ccccc1S2)C(=O)N[C@@H](CC(C)C)C(=O)N[C@H]1CCOC1O. The van der Waals surface area contributed by atoms with Crippen LogP contribution >= 0.6 is 11.8 Å². The topological polar surface area (TPSA) is 138 Å². The zero-order valence-electron chi connectivity index (χ0n) is 21.9. The number of para-hydroxylation sites is 1. The minimum Gasteiger partial charge on any atom is -0.484 e. The van der Waals surface area contributed by atoms with E-state index < -0.39 is 42.1 Å². The van der Waals surface area contributed by atoms with Crippen molar-refractivity contribution in [2.75, 3.05) is 18.5 Å². The first-order valence-electron chi connectivity index (χ1n) is 12.9. The number of hydrogen-bond donors (Lipinski definition) is 5. The molecule has 0 radical (unpaired) electrons. The van der Waals surface area contributed by atoms with Gasteiger partial charge in [0.2, 0.25) is 11.8 Å². The van der Waals surface area contributed by atoms with Gasteiger partial charge < -0.3 is 35.8 Å². The van der Waals surface area contributed by atoms with E-state index in [1.807, 2.05) is 50.2 Å². The third-order valence-corrected chi connectivity index (χ3v) is 7.41. The van der Waals surface area contributed by atoms with Gasteiger partial charge in [-0.15, -0.1) is 6.58 Å². The summed E-state index contributed by atoms with van der Waals surface area (Å²) in [5.74, 6) is -0.907. The number of rotatable bonds is 11. The van der Waals surface area contributed by atoms with Crippen LogP contribution in [0.25, 0.3) is 0 Å². The maximum absolute atomic E-state index is 12.9. The van der Waals surface area contributed by atoms with Gasteiger partial charge >= 0.3 is 0 Å². The number of carbonyl (C=O) groups is 3. The van der Waals surface area contributed by atoms with Crippen LogP contribution in [0.3, 0.4) is 0 Å². The van der Waals surface area contributed by atoms with Crippen molar-refractivity contribution in [1.82, 2.24) is 16.0 Å². The summed E-state index contributed by atoms with van der Waals surface area (Å²) in [6, 6.07) is 11.1. The highest BCUT2D eigenvalue weighted by atomic mass is 32.2. The Kier molecular flexibility index (Phi) is 9.50. The molecule has 4 atom stereocenters. The van der Waals surface area contributed by atoms with E-state index in [2.05, 4.69) is 27.8 Å². The molecule has 1 unspecified atom stereocenters. The van der Waals surface area contributed by atoms with Crippen molar-refractivity contribution in [3.63, 3.8) is 0 Å². The van der Waals surface area contributed by atoms with Crippen molar-refractivity contribution < 1.29 is 29.0 Å². The lowest BCUT2D eigenvalue weighted by atomic mass is 10.0. The van der Waals surface area contributed by atoms with Crippen molar-refractivity contribution in [2.24, 2.45) is 5.92 Å². The van der Waals surface area contributed by atoms with E-state index in [0.717, 1.165) is 21.2 Å². The Labute approximate surface area is 231 Å². The van der Waals surface area contributed by atoms with Crippen LogP contribution in [0, 0.1) is 5.92 Å². The summed E-state index contributed by atoms with van der Waals surface area (Å²) in [5.41, 5.74) is 1.88. The van der Waals surface area contributed by atoms with Crippen LogP contribution in [0.15, 0.2) is 64.9 Å². The Morgan fingerprint density at radius 3 is 2.64 bits per heavy atom. The fourth-order valence-corrected chi connectivity index (χ4v) is 5.24. The number of anilines is 2. The number of fused-ring (bicyclic) bond motifs is 2. The van der Waals surface area contributed by atoms with Crippen LogP contribution in [-0.4, -0.2) is 60.5 Å². The molecule has 2 heterocycles. The molecule has 0 spiro atoms. The first kappa shape index (κ1) is 28.5. The molecule has 0 bridgehead atoms. The fraction of sp³-hybridized carbons (Fsp3) is 0.393. The lowest BCUT2D eigenvalue weighted by Gasteiger charge is -2.25. The number of aliphatic hydroxyl groups excluding tert-OH is 1. The molecule has 3 amide bonds. The van der Waals surface area contributed by atoms with Crippen molar-refractivity contribution in [3.8, 4) is 5.75 Å². The van der Waals surface area contributed by atoms with Crippen molar-refractivity contribution >= 4 is 40.9 Å². The minimum atomic E-state index is -1.08. The molecule has 5 N–H and O–H groups in total. The summed E-state index contributed by atoms with van der Waals surface area (Å²) in [4.78, 5) is 40.6. The predicted molar refractivity (Wildman–Crippen MR) is 148 cm³/mol. The number of aliphatic hydroxyl groups is 1. The van der Waals surface area contributed by atoms with Gasteiger partial charge in [0.15, 0.2) is 12.9 Å². The maximum atomic E-state index is 12.9. The van der Waals surface area contributed by atoms with Gasteiger partial charge in [-0.3, -0.25) is 14.4 Å². The molecule has 39 heavy (non-hydrogen) atoms. The number of amides is 3. The second-order valence-electron chi connectivity index (χ2n) is 9.81. The molecular weight excluding hydrogens is 520 g/mol. The second kappa shape index (κ2) is 13.0. The van der Waals surface area contributed by atoms with Crippen LogP contribution in [0.5, 0.6) is 5.75 Å². The highest BCUT2D eigenvalue weighted by Gasteiger charge is 2.32. The molecule has 1 fully saturated rings. The third kappa shape index (κ3) is 7.53. The molecule has 0 aromatic heterocycles. The smallest absolute Gasteiger partial charge is 0.258 e. The molecule has 1 saturated heterocycles. The largest absolute Gasteiger partial charge is 0.484 e. The molecule has 11 heteroatoms. The van der Waals surface area contributed by atoms with Gasteiger partial charge in [-0.2, -0.15) is 0 Å². The van der Waals surface area contributed by atoms with Gasteiger partial charge in [-0.1, -0.05) is 43.8 Å². The molecule has 4 rings (SSSR count). The van der Waals surface area contributed by atoms with E-state index in [1.54, 1.807) is 17.8 Å². The van der Waals surface area contributed by atoms with E-state index in [0.29, 0.717) is 25.2 Å². The zero-order chi connectivity index (χ0) is 27.9. The van der Waals surface area contributed by atoms with E-state index >= 15 is 0 Å². The molecular formula is C28H34N4O6S. The van der Waals surface area contributed by atoms with E-state index in [1.165, 1.54) is 6.08 Å². The summed E-state index contributed by atoms with van der Waals surface area (Å²) >= 11 is 1.65. The molecule has 2 aliphatic rings. The Balaban J connectivity index is 1.30. The fourth-order valence-electron chi connectivity index (χ4n) is 4.27. The maximum Gasteiger partial charge on any atom is 0.258 e. The summed E-state index contributed by atoms with van der Waals surface area (Å²) in [6.45, 7) is 7.54. The summed E-state index contributed by atoms with van der Waals surface area (Å²) < 4.78 is 10.8. The van der Waals surface area contributed by atoms with Gasteiger partial charge in [0.05, 0.1) is 24.0 Å². The first-order valence-corrected chi connectivity index (χ1v) is 13.7. The number of nitrogens with one attached hydrogen (secondary N) is 4. The zero-order valence-corrected chi connectivity index (χ0v) is 22.8. The number of benzene rings is 2. The lowest BCUT2D eigenvalue weighted by Crippen LogP contribution is -2.55. The van der Waals surface area contributed by atoms with Gasteiger partial charge in [0.1, 0.15) is 17.8 Å². The Hall–Kier alpha value is -3.54. The van der Waals surface area contributed by atoms with Crippen LogP contribution < -0.4 is 26.0 Å². The van der Waals surface area contributed by atoms with Gasteiger partial charge in [0, 0.05) is 15.9 Å². The summed E-state index contributed by atoms with van der Waals surface area (Å²) in [6.07, 6.45) is 1.07. The first-order chi connectivity index (χ1) is 18.7. The molecule has 0 aliphatic carbocycles. The van der Waals surface area contributed by atoms with Gasteiger partial charge in [-0.05, 0) is 43.0 Å². The van der Waals surface area contributed by atoms with E-state index in [4.69, 9.17) is 9.47 Å². The molecule has 2 aromatic carbocycles. The average Bonchev–Trinajstić information content (AvgIpc) is 3.32.